The SMILES string of the molecule is O=C(C=Cc1ccc(-c2ccc(Cl)cc2Cl)o1)NC(=S)Nc1ccc(N2CCN(C(=O)c3ccc(Cl)cc3)CC2)cc1. The van der Waals surface area contributed by atoms with Crippen molar-refractivity contribution < 1.29 is 14.0 Å². The topological polar surface area (TPSA) is 77.8 Å². The maximum atomic E-state index is 12.8. The van der Waals surface area contributed by atoms with Crippen LogP contribution < -0.4 is 15.5 Å². The molecule has 1 aromatic heterocycles. The van der Waals surface area contributed by atoms with Gasteiger partial charge in [0, 0.05) is 64.8 Å². The molecule has 0 aliphatic carbocycles. The Balaban J connectivity index is 1.08. The van der Waals surface area contributed by atoms with E-state index in [1.54, 1.807) is 60.7 Å². The van der Waals surface area contributed by atoms with E-state index in [0.29, 0.717) is 50.8 Å². The van der Waals surface area contributed by atoms with Crippen molar-refractivity contribution >= 4 is 81.4 Å². The molecule has 0 bridgehead atoms. The molecule has 0 atom stereocenters. The number of piperazine rings is 1. The summed E-state index contributed by atoms with van der Waals surface area (Å²) in [6.07, 6.45) is 2.88. The van der Waals surface area contributed by atoms with Crippen LogP contribution in [0.3, 0.4) is 0 Å². The highest BCUT2D eigenvalue weighted by Gasteiger charge is 2.22. The van der Waals surface area contributed by atoms with Crippen molar-refractivity contribution in [1.82, 2.24) is 10.2 Å². The number of furan rings is 1. The zero-order valence-electron chi connectivity index (χ0n) is 22.1. The van der Waals surface area contributed by atoms with Crippen LogP contribution in [-0.2, 0) is 4.79 Å². The minimum Gasteiger partial charge on any atom is -0.457 e. The molecule has 0 unspecified atom stereocenters. The van der Waals surface area contributed by atoms with E-state index in [9.17, 15) is 9.59 Å². The lowest BCUT2D eigenvalue weighted by Gasteiger charge is -2.36. The van der Waals surface area contributed by atoms with Crippen molar-refractivity contribution in [2.24, 2.45) is 0 Å². The van der Waals surface area contributed by atoms with Crippen molar-refractivity contribution in [3.05, 3.63) is 111 Å². The van der Waals surface area contributed by atoms with E-state index in [2.05, 4.69) is 15.5 Å². The Morgan fingerprint density at radius 3 is 2.21 bits per heavy atom. The van der Waals surface area contributed by atoms with Crippen LogP contribution in [0.2, 0.25) is 15.1 Å². The maximum Gasteiger partial charge on any atom is 0.253 e. The molecule has 0 saturated carbocycles. The lowest BCUT2D eigenvalue weighted by Crippen LogP contribution is -2.48. The molecule has 214 valence electrons. The van der Waals surface area contributed by atoms with Gasteiger partial charge in [0.05, 0.1) is 5.02 Å². The number of carbonyl (C=O) groups is 2. The standard InChI is InChI=1S/C31H25Cl3N4O3S/c32-21-3-1-20(2-4-21)30(40)38-17-15-37(16-18-38)24-8-6-23(7-9-24)35-31(42)36-29(39)14-11-25-10-13-28(41-25)26-12-5-22(33)19-27(26)34/h1-14,19H,15-18H2,(H2,35,36,39,42). The molecule has 11 heteroatoms. The summed E-state index contributed by atoms with van der Waals surface area (Å²) < 4.78 is 5.77. The number of benzene rings is 3. The zero-order chi connectivity index (χ0) is 29.6. The summed E-state index contributed by atoms with van der Waals surface area (Å²) in [6.45, 7) is 2.69. The van der Waals surface area contributed by atoms with Gasteiger partial charge < -0.3 is 19.5 Å². The first-order chi connectivity index (χ1) is 20.2. The van der Waals surface area contributed by atoms with Gasteiger partial charge in [-0.05, 0) is 97.2 Å². The van der Waals surface area contributed by atoms with Gasteiger partial charge in [0.2, 0.25) is 5.91 Å². The Kier molecular flexibility index (Phi) is 9.49. The highest BCUT2D eigenvalue weighted by Crippen LogP contribution is 2.31. The number of anilines is 2. The van der Waals surface area contributed by atoms with Crippen LogP contribution in [0.1, 0.15) is 16.1 Å². The number of hydrogen-bond acceptors (Lipinski definition) is 5. The predicted molar refractivity (Wildman–Crippen MR) is 174 cm³/mol. The molecule has 5 rings (SSSR count). The number of hydrogen-bond donors (Lipinski definition) is 2. The second-order valence-corrected chi connectivity index (χ2v) is 11.1. The van der Waals surface area contributed by atoms with Gasteiger partial charge in [0.25, 0.3) is 5.91 Å². The lowest BCUT2D eigenvalue weighted by atomic mass is 10.1. The summed E-state index contributed by atoms with van der Waals surface area (Å²) in [7, 11) is 0. The first-order valence-corrected chi connectivity index (χ1v) is 14.5. The number of thiocarbonyl (C=S) groups is 1. The van der Waals surface area contributed by atoms with E-state index in [1.165, 1.54) is 6.08 Å². The van der Waals surface area contributed by atoms with E-state index in [0.717, 1.165) is 24.5 Å². The van der Waals surface area contributed by atoms with Crippen molar-refractivity contribution in [1.29, 1.82) is 0 Å². The van der Waals surface area contributed by atoms with E-state index < -0.39 is 5.91 Å². The first kappa shape index (κ1) is 29.7. The number of amides is 2. The van der Waals surface area contributed by atoms with Gasteiger partial charge in [-0.3, -0.25) is 14.9 Å². The number of nitrogens with one attached hydrogen (secondary N) is 2. The third-order valence-corrected chi connectivity index (χ3v) is 7.61. The second kappa shape index (κ2) is 13.4. The molecular formula is C31H25Cl3N4O3S. The number of halogens is 3. The highest BCUT2D eigenvalue weighted by molar-refractivity contribution is 7.80. The van der Waals surface area contributed by atoms with Crippen LogP contribution in [0.15, 0.2) is 89.4 Å². The number of carbonyl (C=O) groups excluding carboxylic acids is 2. The van der Waals surface area contributed by atoms with Gasteiger partial charge >= 0.3 is 0 Å². The lowest BCUT2D eigenvalue weighted by molar-refractivity contribution is -0.115. The second-order valence-electron chi connectivity index (χ2n) is 9.44. The summed E-state index contributed by atoms with van der Waals surface area (Å²) >= 11 is 23.4. The Hall–Kier alpha value is -3.82. The fraction of sp³-hybridized carbons (Fsp3) is 0.129. The normalized spacial score (nSPS) is 13.3. The van der Waals surface area contributed by atoms with Crippen LogP contribution in [0, 0.1) is 0 Å². The van der Waals surface area contributed by atoms with E-state index in [4.69, 9.17) is 51.4 Å². The van der Waals surface area contributed by atoms with Crippen molar-refractivity contribution in [2.75, 3.05) is 36.4 Å². The van der Waals surface area contributed by atoms with Crippen LogP contribution in [0.5, 0.6) is 0 Å². The number of nitrogens with zero attached hydrogens (tertiary/aromatic N) is 2. The van der Waals surface area contributed by atoms with Crippen LogP contribution in [0.25, 0.3) is 17.4 Å². The van der Waals surface area contributed by atoms with Gasteiger partial charge in [-0.1, -0.05) is 34.8 Å². The molecule has 1 fully saturated rings. The smallest absolute Gasteiger partial charge is 0.253 e. The zero-order valence-corrected chi connectivity index (χ0v) is 25.2. The largest absolute Gasteiger partial charge is 0.457 e. The molecule has 2 amide bonds. The number of rotatable bonds is 6. The summed E-state index contributed by atoms with van der Waals surface area (Å²) in [4.78, 5) is 29.2. The quantitative estimate of drug-likeness (QED) is 0.169. The molecule has 1 aliphatic rings. The molecule has 2 heterocycles. The molecule has 2 N–H and O–H groups in total. The Labute approximate surface area is 263 Å². The molecule has 1 aliphatic heterocycles. The summed E-state index contributed by atoms with van der Waals surface area (Å²) in [5, 5.41) is 7.42. The van der Waals surface area contributed by atoms with Crippen molar-refractivity contribution in [2.45, 2.75) is 0 Å². The predicted octanol–water partition coefficient (Wildman–Crippen LogP) is 7.40. The summed E-state index contributed by atoms with van der Waals surface area (Å²) in [5.74, 6) is 0.645. The fourth-order valence-electron chi connectivity index (χ4n) is 4.45. The first-order valence-electron chi connectivity index (χ1n) is 13.0. The van der Waals surface area contributed by atoms with E-state index in [-0.39, 0.29) is 11.0 Å². The fourth-order valence-corrected chi connectivity index (χ4v) is 5.29. The molecular weight excluding hydrogens is 615 g/mol. The molecule has 0 spiro atoms. The van der Waals surface area contributed by atoms with Crippen molar-refractivity contribution in [3.8, 4) is 11.3 Å². The van der Waals surface area contributed by atoms with Crippen LogP contribution in [0.4, 0.5) is 11.4 Å². The highest BCUT2D eigenvalue weighted by atomic mass is 35.5. The molecule has 4 aromatic rings. The average molecular weight is 640 g/mol. The third-order valence-electron chi connectivity index (χ3n) is 6.61. The Morgan fingerprint density at radius 1 is 0.833 bits per heavy atom. The monoisotopic (exact) mass is 638 g/mol. The van der Waals surface area contributed by atoms with Gasteiger partial charge in [-0.25, -0.2) is 0 Å². The van der Waals surface area contributed by atoms with Gasteiger partial charge in [-0.15, -0.1) is 0 Å². The van der Waals surface area contributed by atoms with E-state index >= 15 is 0 Å². The molecule has 1 saturated heterocycles. The van der Waals surface area contributed by atoms with E-state index in [1.807, 2.05) is 29.2 Å². The molecule has 3 aromatic carbocycles. The third kappa shape index (κ3) is 7.52. The van der Waals surface area contributed by atoms with Crippen molar-refractivity contribution in [3.63, 3.8) is 0 Å². The molecule has 0 radical (unpaired) electrons. The maximum absolute atomic E-state index is 12.8. The molecule has 7 nitrogen and oxygen atoms in total. The summed E-state index contributed by atoms with van der Waals surface area (Å²) in [5.41, 5.74) is 3.11. The Morgan fingerprint density at radius 2 is 1.52 bits per heavy atom. The minimum atomic E-state index is -0.405. The van der Waals surface area contributed by atoms with Crippen LogP contribution >= 0.6 is 47.0 Å². The minimum absolute atomic E-state index is 0.00744. The van der Waals surface area contributed by atoms with Gasteiger partial charge in [-0.2, -0.15) is 0 Å². The van der Waals surface area contributed by atoms with Gasteiger partial charge in [0.15, 0.2) is 5.11 Å². The summed E-state index contributed by atoms with van der Waals surface area (Å²) in [6, 6.07) is 23.3. The van der Waals surface area contributed by atoms with Crippen LogP contribution in [-0.4, -0.2) is 48.0 Å². The van der Waals surface area contributed by atoms with Gasteiger partial charge in [0.1, 0.15) is 11.5 Å². The average Bonchev–Trinajstić information content (AvgIpc) is 3.45. The molecule has 42 heavy (non-hydrogen) atoms. The Bertz CT molecular complexity index is 1630.